The highest BCUT2D eigenvalue weighted by atomic mass is 16.5. The van der Waals surface area contributed by atoms with Gasteiger partial charge in [0.05, 0.1) is 14.2 Å². The van der Waals surface area contributed by atoms with Gasteiger partial charge in [-0.25, -0.2) is 0 Å². The van der Waals surface area contributed by atoms with E-state index in [9.17, 15) is 0 Å². The molecule has 0 radical (unpaired) electrons. The van der Waals surface area contributed by atoms with E-state index < -0.39 is 0 Å². The predicted molar refractivity (Wildman–Crippen MR) is 64.2 cm³/mol. The van der Waals surface area contributed by atoms with Gasteiger partial charge in [-0.05, 0) is 36.1 Å². The van der Waals surface area contributed by atoms with E-state index in [1.54, 1.807) is 14.2 Å². The van der Waals surface area contributed by atoms with Gasteiger partial charge in [0.1, 0.15) is 0 Å². The summed E-state index contributed by atoms with van der Waals surface area (Å²) in [5, 5.41) is 3.52. The number of hydrogen-bond acceptors (Lipinski definition) is 3. The number of nitrogens with one attached hydrogen (secondary N) is 1. The topological polar surface area (TPSA) is 30.5 Å². The Morgan fingerprint density at radius 2 is 1.81 bits per heavy atom. The highest BCUT2D eigenvalue weighted by molar-refractivity contribution is 5.48. The molecule has 88 valence electrons. The predicted octanol–water partition coefficient (Wildman–Crippen LogP) is 2.13. The molecule has 1 heterocycles. The third kappa shape index (κ3) is 2.00. The van der Waals surface area contributed by atoms with E-state index in [2.05, 4.69) is 24.4 Å². The summed E-state index contributed by atoms with van der Waals surface area (Å²) in [5.74, 6) is 1.65. The van der Waals surface area contributed by atoms with Crippen molar-refractivity contribution in [3.05, 3.63) is 23.3 Å². The first-order chi connectivity index (χ1) is 7.78. The van der Waals surface area contributed by atoms with Crippen molar-refractivity contribution >= 4 is 0 Å². The second-order valence-electron chi connectivity index (χ2n) is 4.17. The van der Waals surface area contributed by atoms with Gasteiger partial charge in [0.15, 0.2) is 11.5 Å². The van der Waals surface area contributed by atoms with Crippen molar-refractivity contribution in [3.8, 4) is 11.5 Å². The Bertz CT molecular complexity index is 376. The lowest BCUT2D eigenvalue weighted by molar-refractivity contribution is 0.352. The average molecular weight is 221 g/mol. The summed E-state index contributed by atoms with van der Waals surface area (Å²) in [6.45, 7) is 3.14. The van der Waals surface area contributed by atoms with Crippen molar-refractivity contribution in [1.82, 2.24) is 5.32 Å². The second kappa shape index (κ2) is 4.74. The van der Waals surface area contributed by atoms with E-state index in [0.29, 0.717) is 6.04 Å². The zero-order valence-corrected chi connectivity index (χ0v) is 10.2. The van der Waals surface area contributed by atoms with Crippen LogP contribution in [-0.4, -0.2) is 20.3 Å². The van der Waals surface area contributed by atoms with Gasteiger partial charge in [0.25, 0.3) is 0 Å². The molecule has 2 rings (SSSR count). The molecule has 1 N–H and O–H groups in total. The number of methoxy groups -OCH3 is 2. The van der Waals surface area contributed by atoms with Crippen LogP contribution in [0, 0.1) is 0 Å². The van der Waals surface area contributed by atoms with Crippen molar-refractivity contribution in [3.63, 3.8) is 0 Å². The Hall–Kier alpha value is -1.22. The lowest BCUT2D eigenvalue weighted by Crippen LogP contribution is -2.34. The maximum absolute atomic E-state index is 5.33. The molecule has 3 heteroatoms. The average Bonchev–Trinajstić information content (AvgIpc) is 2.36. The summed E-state index contributed by atoms with van der Waals surface area (Å²) in [4.78, 5) is 0. The van der Waals surface area contributed by atoms with Crippen LogP contribution in [0.3, 0.4) is 0 Å². The molecule has 0 saturated heterocycles. The summed E-state index contributed by atoms with van der Waals surface area (Å²) in [6.07, 6.45) is 2.24. The van der Waals surface area contributed by atoms with Crippen LogP contribution in [0.2, 0.25) is 0 Å². The van der Waals surface area contributed by atoms with Crippen LogP contribution in [0.1, 0.15) is 24.5 Å². The van der Waals surface area contributed by atoms with Gasteiger partial charge in [-0.2, -0.15) is 0 Å². The van der Waals surface area contributed by atoms with E-state index >= 15 is 0 Å². The molecule has 0 aliphatic carbocycles. The molecule has 1 aromatic rings. The van der Waals surface area contributed by atoms with Crippen LogP contribution in [0.25, 0.3) is 0 Å². The maximum atomic E-state index is 5.33. The van der Waals surface area contributed by atoms with E-state index in [1.165, 1.54) is 11.1 Å². The highest BCUT2D eigenvalue weighted by Gasteiger charge is 2.19. The van der Waals surface area contributed by atoms with Crippen molar-refractivity contribution in [2.75, 3.05) is 14.2 Å². The maximum Gasteiger partial charge on any atom is 0.161 e. The minimum absolute atomic E-state index is 0.589. The Labute approximate surface area is 96.8 Å². The zero-order chi connectivity index (χ0) is 11.5. The van der Waals surface area contributed by atoms with E-state index in [4.69, 9.17) is 9.47 Å². The minimum Gasteiger partial charge on any atom is -0.493 e. The lowest BCUT2D eigenvalue weighted by Gasteiger charge is -2.26. The Morgan fingerprint density at radius 1 is 1.19 bits per heavy atom. The summed E-state index contributed by atoms with van der Waals surface area (Å²) < 4.78 is 10.6. The summed E-state index contributed by atoms with van der Waals surface area (Å²) in [7, 11) is 3.36. The van der Waals surface area contributed by atoms with E-state index in [1.807, 2.05) is 0 Å². The fourth-order valence-corrected chi connectivity index (χ4v) is 2.20. The first kappa shape index (κ1) is 11.3. The summed E-state index contributed by atoms with van der Waals surface area (Å²) >= 11 is 0. The molecule has 0 fully saturated rings. The number of ether oxygens (including phenoxy) is 2. The third-order valence-corrected chi connectivity index (χ3v) is 3.25. The molecular formula is C13H19NO2. The summed E-state index contributed by atoms with van der Waals surface area (Å²) in [6, 6.07) is 4.77. The van der Waals surface area contributed by atoms with Crippen LogP contribution in [0.15, 0.2) is 12.1 Å². The first-order valence-electron chi connectivity index (χ1n) is 5.75. The normalized spacial score (nSPS) is 19.1. The Morgan fingerprint density at radius 3 is 2.38 bits per heavy atom. The van der Waals surface area contributed by atoms with Crippen molar-refractivity contribution < 1.29 is 9.47 Å². The number of benzene rings is 1. The summed E-state index contributed by atoms with van der Waals surface area (Å²) in [5.41, 5.74) is 2.70. The quantitative estimate of drug-likeness (QED) is 0.848. The molecule has 1 aromatic carbocycles. The van der Waals surface area contributed by atoms with Gasteiger partial charge in [-0.1, -0.05) is 6.92 Å². The van der Waals surface area contributed by atoms with Gasteiger partial charge >= 0.3 is 0 Å². The molecule has 1 aliphatic rings. The van der Waals surface area contributed by atoms with Crippen LogP contribution < -0.4 is 14.8 Å². The van der Waals surface area contributed by atoms with E-state index in [-0.39, 0.29) is 0 Å². The molecule has 16 heavy (non-hydrogen) atoms. The van der Waals surface area contributed by atoms with Crippen LogP contribution in [0.5, 0.6) is 11.5 Å². The molecule has 3 nitrogen and oxygen atoms in total. The van der Waals surface area contributed by atoms with Crippen LogP contribution >= 0.6 is 0 Å². The largest absolute Gasteiger partial charge is 0.493 e. The molecular weight excluding hydrogens is 202 g/mol. The Kier molecular flexibility index (Phi) is 3.34. The zero-order valence-electron chi connectivity index (χ0n) is 10.2. The van der Waals surface area contributed by atoms with Gasteiger partial charge in [-0.15, -0.1) is 0 Å². The SMILES string of the molecule is CCC1Cc2cc(OC)c(OC)cc2CN1. The van der Waals surface area contributed by atoms with Crippen LogP contribution in [-0.2, 0) is 13.0 Å². The smallest absolute Gasteiger partial charge is 0.161 e. The second-order valence-corrected chi connectivity index (χ2v) is 4.17. The van der Waals surface area contributed by atoms with Gasteiger partial charge in [0.2, 0.25) is 0 Å². The van der Waals surface area contributed by atoms with Crippen molar-refractivity contribution in [2.24, 2.45) is 0 Å². The molecule has 0 saturated carbocycles. The van der Waals surface area contributed by atoms with Gasteiger partial charge < -0.3 is 14.8 Å². The van der Waals surface area contributed by atoms with Gasteiger partial charge in [0, 0.05) is 12.6 Å². The number of rotatable bonds is 3. The lowest BCUT2D eigenvalue weighted by atomic mass is 9.94. The van der Waals surface area contributed by atoms with Crippen molar-refractivity contribution in [1.29, 1.82) is 0 Å². The molecule has 0 aromatic heterocycles. The third-order valence-electron chi connectivity index (χ3n) is 3.25. The standard InChI is InChI=1S/C13H19NO2/c1-4-11-5-9-6-12(15-2)13(16-3)7-10(9)8-14-11/h6-7,11,14H,4-5,8H2,1-3H3. The van der Waals surface area contributed by atoms with Gasteiger partial charge in [-0.3, -0.25) is 0 Å². The first-order valence-corrected chi connectivity index (χ1v) is 5.75. The van der Waals surface area contributed by atoms with Crippen LogP contribution in [0.4, 0.5) is 0 Å². The fraction of sp³-hybridized carbons (Fsp3) is 0.538. The Balaban J connectivity index is 2.34. The van der Waals surface area contributed by atoms with E-state index in [0.717, 1.165) is 30.9 Å². The molecule has 1 atom stereocenters. The molecule has 0 bridgehead atoms. The highest BCUT2D eigenvalue weighted by Crippen LogP contribution is 2.32. The minimum atomic E-state index is 0.589. The molecule has 0 spiro atoms. The monoisotopic (exact) mass is 221 g/mol. The molecule has 0 amide bonds. The number of fused-ring (bicyclic) bond motifs is 1. The molecule has 1 unspecified atom stereocenters. The number of hydrogen-bond donors (Lipinski definition) is 1. The molecule has 1 aliphatic heterocycles. The fourth-order valence-electron chi connectivity index (χ4n) is 2.20. The van der Waals surface area contributed by atoms with Crippen molar-refractivity contribution in [2.45, 2.75) is 32.4 Å².